The molecule has 1 aromatic heterocycles. The maximum Gasteiger partial charge on any atom is 0.123 e. The van der Waals surface area contributed by atoms with Crippen LogP contribution in [-0.2, 0) is 0 Å². The van der Waals surface area contributed by atoms with E-state index in [9.17, 15) is 9.50 Å². The summed E-state index contributed by atoms with van der Waals surface area (Å²) in [5.41, 5.74) is 0.612. The molecular weight excluding hydrogens is 293 g/mol. The quantitative estimate of drug-likeness (QED) is 0.944. The largest absolute Gasteiger partial charge is 0.387 e. The van der Waals surface area contributed by atoms with Crippen molar-refractivity contribution in [1.29, 1.82) is 0 Å². The van der Waals surface area contributed by atoms with Crippen LogP contribution in [-0.4, -0.2) is 39.4 Å². The van der Waals surface area contributed by atoms with Crippen molar-refractivity contribution in [3.8, 4) is 0 Å². The number of β-amino-alcohol motifs (C(OH)–C–C–N with tert-alkyl or cyclic N) is 1. The molecule has 3 rings (SSSR count). The molecule has 21 heavy (non-hydrogen) atoms. The summed E-state index contributed by atoms with van der Waals surface area (Å²) >= 11 is 5.88. The maximum absolute atomic E-state index is 13.2. The van der Waals surface area contributed by atoms with Crippen LogP contribution in [0.15, 0.2) is 36.7 Å². The van der Waals surface area contributed by atoms with Gasteiger partial charge in [-0.15, -0.1) is 0 Å². The first-order valence-electron chi connectivity index (χ1n) is 6.97. The van der Waals surface area contributed by atoms with Gasteiger partial charge in [0.1, 0.15) is 5.82 Å². The summed E-state index contributed by atoms with van der Waals surface area (Å²) in [7, 11) is 0. The highest BCUT2D eigenvalue weighted by atomic mass is 35.5. The Hall–Kier alpha value is -1.43. The first-order valence-corrected chi connectivity index (χ1v) is 7.35. The van der Waals surface area contributed by atoms with E-state index < -0.39 is 6.10 Å². The monoisotopic (exact) mass is 309 g/mol. The molecule has 0 radical (unpaired) electrons. The first-order chi connectivity index (χ1) is 10.1. The van der Waals surface area contributed by atoms with Gasteiger partial charge < -0.3 is 5.11 Å². The summed E-state index contributed by atoms with van der Waals surface area (Å²) in [6.07, 6.45) is 3.74. The molecule has 2 unspecified atom stereocenters. The minimum atomic E-state index is -0.680. The summed E-state index contributed by atoms with van der Waals surface area (Å²) < 4.78 is 15.0. The number of nitrogens with zero attached hydrogens (tertiary/aromatic N) is 3. The second kappa shape index (κ2) is 6.13. The lowest BCUT2D eigenvalue weighted by molar-refractivity contribution is 0.124. The number of aromatic nitrogens is 2. The highest BCUT2D eigenvalue weighted by Crippen LogP contribution is 2.24. The van der Waals surface area contributed by atoms with E-state index in [0.29, 0.717) is 17.1 Å². The maximum atomic E-state index is 13.2. The van der Waals surface area contributed by atoms with Crippen LogP contribution in [0.2, 0.25) is 5.02 Å². The van der Waals surface area contributed by atoms with Crippen LogP contribution in [0.4, 0.5) is 4.39 Å². The molecule has 6 heteroatoms. The lowest BCUT2D eigenvalue weighted by atomic mass is 10.1. The SMILES string of the molecule is OC(CN1CCC(n2cc(Cl)cn2)C1)c1cccc(F)c1. The van der Waals surface area contributed by atoms with Crippen LogP contribution in [0, 0.1) is 5.82 Å². The van der Waals surface area contributed by atoms with Crippen molar-refractivity contribution < 1.29 is 9.50 Å². The number of halogens is 2. The van der Waals surface area contributed by atoms with E-state index in [-0.39, 0.29) is 11.9 Å². The highest BCUT2D eigenvalue weighted by molar-refractivity contribution is 6.30. The molecule has 2 atom stereocenters. The van der Waals surface area contributed by atoms with E-state index in [0.717, 1.165) is 19.5 Å². The van der Waals surface area contributed by atoms with Crippen LogP contribution in [0.1, 0.15) is 24.1 Å². The van der Waals surface area contributed by atoms with Gasteiger partial charge >= 0.3 is 0 Å². The van der Waals surface area contributed by atoms with Crippen LogP contribution < -0.4 is 0 Å². The summed E-state index contributed by atoms with van der Waals surface area (Å²) in [6.45, 7) is 2.19. The molecule has 1 N–H and O–H groups in total. The zero-order chi connectivity index (χ0) is 14.8. The molecule has 0 spiro atoms. The molecular formula is C15H17ClFN3O. The molecule has 0 aliphatic carbocycles. The van der Waals surface area contributed by atoms with Crippen molar-refractivity contribution in [3.63, 3.8) is 0 Å². The number of rotatable bonds is 4. The molecule has 1 aliphatic rings. The van der Waals surface area contributed by atoms with Crippen LogP contribution in [0.5, 0.6) is 0 Å². The topological polar surface area (TPSA) is 41.3 Å². The molecule has 0 amide bonds. The number of hydrogen-bond donors (Lipinski definition) is 1. The fraction of sp³-hybridized carbons (Fsp3) is 0.400. The molecule has 4 nitrogen and oxygen atoms in total. The lowest BCUT2D eigenvalue weighted by Gasteiger charge is -2.20. The average molecular weight is 310 g/mol. The van der Waals surface area contributed by atoms with E-state index in [1.165, 1.54) is 12.1 Å². The zero-order valence-electron chi connectivity index (χ0n) is 11.5. The third-order valence-electron chi connectivity index (χ3n) is 3.86. The van der Waals surface area contributed by atoms with Crippen molar-refractivity contribution in [1.82, 2.24) is 14.7 Å². The van der Waals surface area contributed by atoms with Gasteiger partial charge in [0.25, 0.3) is 0 Å². The number of likely N-dealkylation sites (tertiary alicyclic amines) is 1. The minimum absolute atomic E-state index is 0.275. The second-order valence-corrected chi connectivity index (χ2v) is 5.85. The summed E-state index contributed by atoms with van der Waals surface area (Å²) in [6, 6.07) is 6.40. The Morgan fingerprint density at radius 2 is 2.33 bits per heavy atom. The van der Waals surface area contributed by atoms with Gasteiger partial charge in [0.05, 0.1) is 23.4 Å². The third kappa shape index (κ3) is 3.43. The first kappa shape index (κ1) is 14.5. The van der Waals surface area contributed by atoms with Crippen molar-refractivity contribution in [2.24, 2.45) is 0 Å². The number of aliphatic hydroxyl groups is 1. The van der Waals surface area contributed by atoms with E-state index in [1.807, 2.05) is 10.9 Å². The Balaban J connectivity index is 1.59. The Bertz CT molecular complexity index is 618. The lowest BCUT2D eigenvalue weighted by Crippen LogP contribution is -2.27. The van der Waals surface area contributed by atoms with Gasteiger partial charge in [0.2, 0.25) is 0 Å². The van der Waals surface area contributed by atoms with Gasteiger partial charge in [-0.2, -0.15) is 5.10 Å². The molecule has 0 bridgehead atoms. The van der Waals surface area contributed by atoms with E-state index in [4.69, 9.17) is 11.6 Å². The number of benzene rings is 1. The zero-order valence-corrected chi connectivity index (χ0v) is 12.2. The fourth-order valence-corrected chi connectivity index (χ4v) is 2.92. The van der Waals surface area contributed by atoms with Gasteiger partial charge in [0, 0.05) is 25.8 Å². The molecule has 1 aliphatic heterocycles. The predicted octanol–water partition coefficient (Wildman–Crippen LogP) is 2.66. The molecule has 0 saturated carbocycles. The van der Waals surface area contributed by atoms with Crippen molar-refractivity contribution in [2.75, 3.05) is 19.6 Å². The van der Waals surface area contributed by atoms with E-state index in [2.05, 4.69) is 10.00 Å². The summed E-state index contributed by atoms with van der Waals surface area (Å²) in [4.78, 5) is 2.16. The van der Waals surface area contributed by atoms with Crippen LogP contribution in [0.25, 0.3) is 0 Å². The average Bonchev–Trinajstić information content (AvgIpc) is 3.07. The van der Waals surface area contributed by atoms with Gasteiger partial charge in [-0.25, -0.2) is 4.39 Å². The Kier molecular flexibility index (Phi) is 4.24. The molecule has 2 heterocycles. The summed E-state index contributed by atoms with van der Waals surface area (Å²) in [5.74, 6) is -0.322. The van der Waals surface area contributed by atoms with E-state index >= 15 is 0 Å². The van der Waals surface area contributed by atoms with Gasteiger partial charge in [0.15, 0.2) is 0 Å². The molecule has 2 aromatic rings. The minimum Gasteiger partial charge on any atom is -0.387 e. The second-order valence-electron chi connectivity index (χ2n) is 5.41. The Morgan fingerprint density at radius 3 is 3.05 bits per heavy atom. The third-order valence-corrected chi connectivity index (χ3v) is 4.05. The standard InChI is InChI=1S/C15H17ClFN3O/c16-12-7-18-20(8-12)14-4-5-19(9-14)10-15(21)11-2-1-3-13(17)6-11/h1-3,6-8,14-15,21H,4-5,9-10H2. The van der Waals surface area contributed by atoms with Crippen molar-refractivity contribution in [2.45, 2.75) is 18.6 Å². The number of aliphatic hydroxyl groups excluding tert-OH is 1. The number of hydrogen-bond acceptors (Lipinski definition) is 3. The van der Waals surface area contributed by atoms with Crippen LogP contribution >= 0.6 is 11.6 Å². The molecule has 112 valence electrons. The van der Waals surface area contributed by atoms with Crippen molar-refractivity contribution >= 4 is 11.6 Å². The van der Waals surface area contributed by atoms with Crippen LogP contribution in [0.3, 0.4) is 0 Å². The highest BCUT2D eigenvalue weighted by Gasteiger charge is 2.26. The molecule has 1 aromatic carbocycles. The van der Waals surface area contributed by atoms with Gasteiger partial charge in [-0.1, -0.05) is 23.7 Å². The van der Waals surface area contributed by atoms with Gasteiger partial charge in [-0.05, 0) is 24.1 Å². The smallest absolute Gasteiger partial charge is 0.123 e. The predicted molar refractivity (Wildman–Crippen MR) is 78.7 cm³/mol. The molecule has 1 saturated heterocycles. The van der Waals surface area contributed by atoms with Gasteiger partial charge in [-0.3, -0.25) is 9.58 Å². The Labute approximate surface area is 127 Å². The summed E-state index contributed by atoms with van der Waals surface area (Å²) in [5, 5.41) is 15.1. The van der Waals surface area contributed by atoms with E-state index in [1.54, 1.807) is 18.3 Å². The fourth-order valence-electron chi connectivity index (χ4n) is 2.77. The molecule has 1 fully saturated rings. The van der Waals surface area contributed by atoms with Crippen molar-refractivity contribution in [3.05, 3.63) is 53.1 Å². The Morgan fingerprint density at radius 1 is 1.48 bits per heavy atom. The normalized spacial score (nSPS) is 20.8.